The molecule has 120 valence electrons. The van der Waals surface area contributed by atoms with E-state index in [0.29, 0.717) is 5.69 Å². The number of thioether (sulfide) groups is 1. The van der Waals surface area contributed by atoms with Gasteiger partial charge in [0.25, 0.3) is 0 Å². The van der Waals surface area contributed by atoms with Gasteiger partial charge in [-0.25, -0.2) is 8.78 Å². The van der Waals surface area contributed by atoms with E-state index in [9.17, 15) is 18.4 Å². The monoisotopic (exact) mass is 336 g/mol. The van der Waals surface area contributed by atoms with Crippen molar-refractivity contribution in [3.63, 3.8) is 0 Å². The van der Waals surface area contributed by atoms with Gasteiger partial charge in [-0.15, -0.1) is 11.8 Å². The number of nitrogens with one attached hydrogen (secondary N) is 2. The van der Waals surface area contributed by atoms with Gasteiger partial charge in [0.2, 0.25) is 11.8 Å². The average Bonchev–Trinajstić information content (AvgIpc) is 2.50. The molecule has 0 aliphatic carbocycles. The molecule has 0 unspecified atom stereocenters. The minimum absolute atomic E-state index is 0.00720. The van der Waals surface area contributed by atoms with Crippen LogP contribution in [-0.4, -0.2) is 17.6 Å². The van der Waals surface area contributed by atoms with Crippen molar-refractivity contribution in [2.24, 2.45) is 0 Å². The normalized spacial score (nSPS) is 10.2. The maximum atomic E-state index is 13.4. The molecule has 7 heteroatoms. The van der Waals surface area contributed by atoms with E-state index in [2.05, 4.69) is 10.6 Å². The molecule has 2 amide bonds. The lowest BCUT2D eigenvalue weighted by molar-refractivity contribution is -0.114. The van der Waals surface area contributed by atoms with Crippen molar-refractivity contribution < 1.29 is 18.4 Å². The van der Waals surface area contributed by atoms with Crippen molar-refractivity contribution in [3.8, 4) is 0 Å². The summed E-state index contributed by atoms with van der Waals surface area (Å²) in [7, 11) is 0. The summed E-state index contributed by atoms with van der Waals surface area (Å²) in [6, 6.07) is 10.3. The molecule has 2 aromatic carbocycles. The molecule has 23 heavy (non-hydrogen) atoms. The zero-order chi connectivity index (χ0) is 16.8. The van der Waals surface area contributed by atoms with Crippen molar-refractivity contribution in [1.82, 2.24) is 0 Å². The molecular weight excluding hydrogens is 322 g/mol. The quantitative estimate of drug-likeness (QED) is 0.820. The molecule has 0 aliphatic heterocycles. The zero-order valence-corrected chi connectivity index (χ0v) is 13.0. The molecule has 4 nitrogen and oxygen atoms in total. The fourth-order valence-electron chi connectivity index (χ4n) is 1.78. The van der Waals surface area contributed by atoms with Crippen LogP contribution in [0, 0.1) is 11.6 Å². The first-order valence-corrected chi connectivity index (χ1v) is 7.68. The minimum atomic E-state index is -0.817. The third kappa shape index (κ3) is 5.07. The van der Waals surface area contributed by atoms with Crippen molar-refractivity contribution in [2.75, 3.05) is 16.4 Å². The summed E-state index contributed by atoms with van der Waals surface area (Å²) in [6.45, 7) is 1.41. The van der Waals surface area contributed by atoms with Crippen LogP contribution >= 0.6 is 11.8 Å². The SMILES string of the molecule is CC(=O)Nc1ccc(SCC(=O)Nc2c(F)cccc2F)cc1. The van der Waals surface area contributed by atoms with Crippen LogP contribution in [0.2, 0.25) is 0 Å². The van der Waals surface area contributed by atoms with Gasteiger partial charge in [0.1, 0.15) is 17.3 Å². The number of rotatable bonds is 5. The Hall–Kier alpha value is -2.41. The van der Waals surface area contributed by atoms with Gasteiger partial charge in [-0.05, 0) is 36.4 Å². The van der Waals surface area contributed by atoms with E-state index in [4.69, 9.17) is 0 Å². The lowest BCUT2D eigenvalue weighted by Crippen LogP contribution is -2.16. The number of carbonyl (C=O) groups is 2. The second-order valence-corrected chi connectivity index (χ2v) is 5.69. The average molecular weight is 336 g/mol. The first-order valence-electron chi connectivity index (χ1n) is 6.70. The summed E-state index contributed by atoms with van der Waals surface area (Å²) in [6.07, 6.45) is 0. The number of hydrogen-bond donors (Lipinski definition) is 2. The number of para-hydroxylation sites is 1. The Morgan fingerprint density at radius 2 is 1.61 bits per heavy atom. The third-order valence-corrected chi connectivity index (χ3v) is 3.78. The molecule has 0 atom stereocenters. The summed E-state index contributed by atoms with van der Waals surface area (Å²) >= 11 is 1.22. The van der Waals surface area contributed by atoms with Crippen LogP contribution in [-0.2, 0) is 9.59 Å². The van der Waals surface area contributed by atoms with Crippen molar-refractivity contribution in [1.29, 1.82) is 0 Å². The van der Waals surface area contributed by atoms with Gasteiger partial charge in [0, 0.05) is 17.5 Å². The maximum absolute atomic E-state index is 13.4. The van der Waals surface area contributed by atoms with E-state index in [1.165, 1.54) is 24.8 Å². The third-order valence-electron chi connectivity index (χ3n) is 2.77. The van der Waals surface area contributed by atoms with E-state index in [1.807, 2.05) is 0 Å². The highest BCUT2D eigenvalue weighted by molar-refractivity contribution is 8.00. The standard InChI is InChI=1S/C16H14F2N2O2S/c1-10(21)19-11-5-7-12(8-6-11)23-9-15(22)20-16-13(17)3-2-4-14(16)18/h2-8H,9H2,1H3,(H,19,21)(H,20,22). The Bertz CT molecular complexity index is 700. The van der Waals surface area contributed by atoms with Gasteiger partial charge < -0.3 is 10.6 Å². The molecule has 2 N–H and O–H groups in total. The molecule has 0 saturated carbocycles. The number of carbonyl (C=O) groups excluding carboxylic acids is 2. The molecule has 0 aromatic heterocycles. The lowest BCUT2D eigenvalue weighted by atomic mass is 10.3. The second kappa shape index (κ2) is 7.73. The lowest BCUT2D eigenvalue weighted by Gasteiger charge is -2.08. The van der Waals surface area contributed by atoms with Gasteiger partial charge in [0.15, 0.2) is 0 Å². The fourth-order valence-corrected chi connectivity index (χ4v) is 2.48. The molecule has 0 spiro atoms. The Kier molecular flexibility index (Phi) is 5.70. The highest BCUT2D eigenvalue weighted by Gasteiger charge is 2.12. The molecule has 2 aromatic rings. The molecule has 0 fully saturated rings. The Balaban J connectivity index is 1.90. The number of benzene rings is 2. The molecular formula is C16H14F2N2O2S. The Labute approximate surface area is 136 Å². The molecule has 2 rings (SSSR count). The highest BCUT2D eigenvalue weighted by atomic mass is 32.2. The van der Waals surface area contributed by atoms with Crippen LogP contribution in [0.5, 0.6) is 0 Å². The summed E-state index contributed by atoms with van der Waals surface area (Å²) in [5.41, 5.74) is 0.207. The summed E-state index contributed by atoms with van der Waals surface area (Å²) in [5.74, 6) is -2.31. The zero-order valence-electron chi connectivity index (χ0n) is 12.2. The van der Waals surface area contributed by atoms with Crippen LogP contribution in [0.4, 0.5) is 20.2 Å². The van der Waals surface area contributed by atoms with Crippen LogP contribution < -0.4 is 10.6 Å². The Morgan fingerprint density at radius 1 is 1.00 bits per heavy atom. The summed E-state index contributed by atoms with van der Waals surface area (Å²) < 4.78 is 26.9. The first-order chi connectivity index (χ1) is 11.0. The van der Waals surface area contributed by atoms with Crippen molar-refractivity contribution in [3.05, 3.63) is 54.1 Å². The van der Waals surface area contributed by atoms with E-state index >= 15 is 0 Å². The van der Waals surface area contributed by atoms with Gasteiger partial charge in [-0.2, -0.15) is 0 Å². The maximum Gasteiger partial charge on any atom is 0.234 e. The van der Waals surface area contributed by atoms with Crippen LogP contribution in [0.3, 0.4) is 0 Å². The topological polar surface area (TPSA) is 58.2 Å². The van der Waals surface area contributed by atoms with E-state index < -0.39 is 23.2 Å². The first kappa shape index (κ1) is 17.0. The number of hydrogen-bond acceptors (Lipinski definition) is 3. The number of amides is 2. The summed E-state index contributed by atoms with van der Waals surface area (Å²) in [4.78, 5) is 23.5. The van der Waals surface area contributed by atoms with Gasteiger partial charge in [-0.1, -0.05) is 6.07 Å². The van der Waals surface area contributed by atoms with Crippen LogP contribution in [0.15, 0.2) is 47.4 Å². The predicted molar refractivity (Wildman–Crippen MR) is 86.5 cm³/mol. The van der Waals surface area contributed by atoms with E-state index in [0.717, 1.165) is 17.0 Å². The summed E-state index contributed by atoms with van der Waals surface area (Å²) in [5, 5.41) is 4.85. The van der Waals surface area contributed by atoms with E-state index in [1.54, 1.807) is 24.3 Å². The van der Waals surface area contributed by atoms with Gasteiger partial charge in [0.05, 0.1) is 5.75 Å². The van der Waals surface area contributed by atoms with Gasteiger partial charge >= 0.3 is 0 Å². The number of halogens is 2. The largest absolute Gasteiger partial charge is 0.326 e. The second-order valence-electron chi connectivity index (χ2n) is 4.64. The smallest absolute Gasteiger partial charge is 0.234 e. The minimum Gasteiger partial charge on any atom is -0.326 e. The van der Waals surface area contributed by atoms with Crippen molar-refractivity contribution >= 4 is 35.0 Å². The van der Waals surface area contributed by atoms with Crippen molar-refractivity contribution in [2.45, 2.75) is 11.8 Å². The molecule has 0 aliphatic rings. The van der Waals surface area contributed by atoms with Crippen LogP contribution in [0.1, 0.15) is 6.92 Å². The molecule has 0 heterocycles. The predicted octanol–water partition coefficient (Wildman–Crippen LogP) is 3.65. The molecule has 0 saturated heterocycles. The van der Waals surface area contributed by atoms with Crippen LogP contribution in [0.25, 0.3) is 0 Å². The van der Waals surface area contributed by atoms with E-state index in [-0.39, 0.29) is 11.7 Å². The molecule has 0 radical (unpaired) electrons. The highest BCUT2D eigenvalue weighted by Crippen LogP contribution is 2.22. The Morgan fingerprint density at radius 3 is 2.17 bits per heavy atom. The number of anilines is 2. The van der Waals surface area contributed by atoms with Gasteiger partial charge in [-0.3, -0.25) is 9.59 Å². The molecule has 0 bridgehead atoms. The fraction of sp³-hybridized carbons (Fsp3) is 0.125.